The van der Waals surface area contributed by atoms with Crippen molar-refractivity contribution in [3.8, 4) is 0 Å². The summed E-state index contributed by atoms with van der Waals surface area (Å²) < 4.78 is 27.6. The first-order chi connectivity index (χ1) is 12.9. The highest BCUT2D eigenvalue weighted by molar-refractivity contribution is 7.92. The third-order valence-electron chi connectivity index (χ3n) is 3.98. The highest BCUT2D eigenvalue weighted by Gasteiger charge is 2.23. The zero-order chi connectivity index (χ0) is 19.4. The van der Waals surface area contributed by atoms with Gasteiger partial charge in [0.2, 0.25) is 0 Å². The molecule has 0 amide bonds. The largest absolute Gasteiger partial charge is 0.339 e. The van der Waals surface area contributed by atoms with Crippen molar-refractivity contribution in [2.45, 2.75) is 4.90 Å². The third kappa shape index (κ3) is 4.06. The van der Waals surface area contributed by atoms with Gasteiger partial charge in [-0.25, -0.2) is 8.42 Å². The molecule has 0 aliphatic carbocycles. The molecule has 0 spiro atoms. The lowest BCUT2D eigenvalue weighted by atomic mass is 10.2. The van der Waals surface area contributed by atoms with Crippen molar-refractivity contribution in [1.29, 1.82) is 0 Å². The van der Waals surface area contributed by atoms with E-state index in [1.54, 1.807) is 42.3 Å². The number of hydrogen-bond acceptors (Lipinski definition) is 5. The van der Waals surface area contributed by atoms with Crippen LogP contribution in [0, 0.1) is 10.1 Å². The molecular formula is C19H17N3O4S. The Morgan fingerprint density at radius 1 is 0.926 bits per heavy atom. The molecule has 0 aliphatic heterocycles. The van der Waals surface area contributed by atoms with Crippen molar-refractivity contribution >= 4 is 32.8 Å². The van der Waals surface area contributed by atoms with Gasteiger partial charge in [-0.1, -0.05) is 36.4 Å². The maximum atomic E-state index is 12.6. The molecule has 1 N–H and O–H groups in total. The van der Waals surface area contributed by atoms with Gasteiger partial charge in [-0.3, -0.25) is 14.8 Å². The minimum Gasteiger partial charge on any atom is -0.339 e. The van der Waals surface area contributed by atoms with Crippen LogP contribution in [0.3, 0.4) is 0 Å². The second-order valence-electron chi connectivity index (χ2n) is 5.77. The predicted octanol–water partition coefficient (Wildman–Crippen LogP) is 4.16. The molecule has 27 heavy (non-hydrogen) atoms. The lowest BCUT2D eigenvalue weighted by Gasteiger charge is -2.19. The van der Waals surface area contributed by atoms with E-state index in [1.807, 2.05) is 30.3 Å². The summed E-state index contributed by atoms with van der Waals surface area (Å²) in [4.78, 5) is 12.4. The Morgan fingerprint density at radius 3 is 2.11 bits per heavy atom. The number of benzene rings is 3. The molecule has 0 fully saturated rings. The van der Waals surface area contributed by atoms with Crippen molar-refractivity contribution in [3.63, 3.8) is 0 Å². The number of nitrogens with one attached hydrogen (secondary N) is 1. The molecule has 3 aromatic carbocycles. The average molecular weight is 383 g/mol. The van der Waals surface area contributed by atoms with Gasteiger partial charge in [-0.15, -0.1) is 0 Å². The molecule has 0 aliphatic rings. The van der Waals surface area contributed by atoms with Gasteiger partial charge >= 0.3 is 0 Å². The number of rotatable bonds is 6. The van der Waals surface area contributed by atoms with Crippen molar-refractivity contribution < 1.29 is 13.3 Å². The summed E-state index contributed by atoms with van der Waals surface area (Å²) >= 11 is 0. The number of nitro benzene ring substituents is 1. The number of hydrogen-bond donors (Lipinski definition) is 1. The van der Waals surface area contributed by atoms with E-state index in [9.17, 15) is 18.5 Å². The molecule has 138 valence electrons. The van der Waals surface area contributed by atoms with E-state index >= 15 is 0 Å². The number of nitro groups is 1. The van der Waals surface area contributed by atoms with E-state index in [0.717, 1.165) is 11.8 Å². The summed E-state index contributed by atoms with van der Waals surface area (Å²) in [5, 5.41) is 11.6. The Morgan fingerprint density at radius 2 is 1.52 bits per heavy atom. The minimum absolute atomic E-state index is 0.178. The predicted molar refractivity (Wildman–Crippen MR) is 105 cm³/mol. The van der Waals surface area contributed by atoms with Gasteiger partial charge in [0.15, 0.2) is 0 Å². The molecule has 0 unspecified atom stereocenters. The molecule has 0 radical (unpaired) electrons. The smallest absolute Gasteiger partial charge is 0.294 e. The zero-order valence-electron chi connectivity index (χ0n) is 14.4. The fraction of sp³-hybridized carbons (Fsp3) is 0.0526. The summed E-state index contributed by atoms with van der Waals surface area (Å²) in [6, 6.07) is 21.3. The van der Waals surface area contributed by atoms with Crippen LogP contribution >= 0.6 is 0 Å². The van der Waals surface area contributed by atoms with Crippen LogP contribution < -0.4 is 9.62 Å². The first-order valence-electron chi connectivity index (χ1n) is 8.03. The Bertz CT molecular complexity index is 1050. The molecule has 8 heteroatoms. The molecule has 0 aromatic heterocycles. The van der Waals surface area contributed by atoms with Crippen LogP contribution in [0.4, 0.5) is 22.7 Å². The summed E-state index contributed by atoms with van der Waals surface area (Å²) in [5.74, 6) is 0. The summed E-state index contributed by atoms with van der Waals surface area (Å²) in [6.45, 7) is 0. The minimum atomic E-state index is -3.95. The monoisotopic (exact) mass is 383 g/mol. The number of para-hydroxylation sites is 2. The van der Waals surface area contributed by atoms with Crippen LogP contribution in [-0.2, 0) is 10.0 Å². The van der Waals surface area contributed by atoms with Gasteiger partial charge in [-0.05, 0) is 36.4 Å². The van der Waals surface area contributed by atoms with E-state index in [1.165, 1.54) is 12.1 Å². The van der Waals surface area contributed by atoms with Crippen LogP contribution in [0.1, 0.15) is 0 Å². The topological polar surface area (TPSA) is 92.6 Å². The van der Waals surface area contributed by atoms with Gasteiger partial charge in [0.05, 0.1) is 9.82 Å². The maximum absolute atomic E-state index is 12.6. The van der Waals surface area contributed by atoms with Crippen LogP contribution in [-0.4, -0.2) is 20.4 Å². The fourth-order valence-corrected chi connectivity index (χ4v) is 3.69. The first kappa shape index (κ1) is 18.4. The molecule has 0 saturated heterocycles. The molecule has 0 saturated carbocycles. The van der Waals surface area contributed by atoms with Gasteiger partial charge in [0, 0.05) is 24.5 Å². The molecule has 0 atom stereocenters. The first-order valence-corrected chi connectivity index (χ1v) is 9.52. The lowest BCUT2D eigenvalue weighted by molar-refractivity contribution is -0.384. The quantitative estimate of drug-likeness (QED) is 0.509. The van der Waals surface area contributed by atoms with E-state index in [0.29, 0.717) is 11.4 Å². The molecule has 3 rings (SSSR count). The Balaban J connectivity index is 2.00. The lowest BCUT2D eigenvalue weighted by Crippen LogP contribution is -2.15. The number of nitrogens with zero attached hydrogens (tertiary/aromatic N) is 2. The van der Waals surface area contributed by atoms with Crippen molar-refractivity contribution in [3.05, 3.63) is 89.0 Å². The van der Waals surface area contributed by atoms with Gasteiger partial charge in [0.1, 0.15) is 5.69 Å². The molecule has 3 aromatic rings. The summed E-state index contributed by atoms with van der Waals surface area (Å²) in [5.41, 5.74) is 1.13. The summed E-state index contributed by atoms with van der Waals surface area (Å²) in [6.07, 6.45) is 0. The van der Waals surface area contributed by atoms with E-state index < -0.39 is 14.9 Å². The zero-order valence-corrected chi connectivity index (χ0v) is 15.3. The van der Waals surface area contributed by atoms with Crippen LogP contribution in [0.5, 0.6) is 0 Å². The summed E-state index contributed by atoms with van der Waals surface area (Å²) in [7, 11) is -2.26. The molecule has 0 bridgehead atoms. The van der Waals surface area contributed by atoms with Gasteiger partial charge in [-0.2, -0.15) is 0 Å². The highest BCUT2D eigenvalue weighted by Crippen LogP contribution is 2.34. The fourth-order valence-electron chi connectivity index (χ4n) is 2.61. The molecule has 7 nitrogen and oxygen atoms in total. The van der Waals surface area contributed by atoms with Crippen LogP contribution in [0.2, 0.25) is 0 Å². The second kappa shape index (κ2) is 7.46. The van der Waals surface area contributed by atoms with Crippen LogP contribution in [0.15, 0.2) is 83.8 Å². The van der Waals surface area contributed by atoms with E-state index in [4.69, 9.17) is 0 Å². The number of sulfonamides is 1. The molecular weight excluding hydrogens is 366 g/mol. The van der Waals surface area contributed by atoms with E-state index in [-0.39, 0.29) is 10.6 Å². The average Bonchev–Trinajstić information content (AvgIpc) is 2.68. The highest BCUT2D eigenvalue weighted by atomic mass is 32.2. The maximum Gasteiger partial charge on any atom is 0.294 e. The third-order valence-corrected chi connectivity index (χ3v) is 5.36. The number of anilines is 3. The Labute approximate surface area is 157 Å². The molecule has 0 heterocycles. The van der Waals surface area contributed by atoms with Gasteiger partial charge < -0.3 is 4.90 Å². The van der Waals surface area contributed by atoms with E-state index in [2.05, 4.69) is 4.72 Å². The van der Waals surface area contributed by atoms with Crippen molar-refractivity contribution in [2.75, 3.05) is 16.7 Å². The second-order valence-corrected chi connectivity index (χ2v) is 7.46. The van der Waals surface area contributed by atoms with Crippen LogP contribution in [0.25, 0.3) is 0 Å². The van der Waals surface area contributed by atoms with Crippen molar-refractivity contribution in [2.24, 2.45) is 0 Å². The standard InChI is InChI=1S/C19H17N3O4S/c1-21(16-10-6-3-7-11-16)18-13-12-17(14-19(18)22(23)24)27(25,26)20-15-8-4-2-5-9-15/h2-14,20H,1H3. The van der Waals surface area contributed by atoms with Crippen molar-refractivity contribution in [1.82, 2.24) is 0 Å². The van der Waals surface area contributed by atoms with Gasteiger partial charge in [0.25, 0.3) is 15.7 Å². The Kier molecular flexibility index (Phi) is 5.09. The Hall–Kier alpha value is -3.39. The SMILES string of the molecule is CN(c1ccccc1)c1ccc(S(=O)(=O)Nc2ccccc2)cc1[N+](=O)[O-]. The normalized spacial score (nSPS) is 11.0.